The van der Waals surface area contributed by atoms with Crippen LogP contribution in [0.2, 0.25) is 0 Å². The van der Waals surface area contributed by atoms with E-state index >= 15 is 0 Å². The second-order valence-corrected chi connectivity index (χ2v) is 8.08. The summed E-state index contributed by atoms with van der Waals surface area (Å²) in [5.74, 6) is -0.600. The average molecular weight is 362 g/mol. The van der Waals surface area contributed by atoms with E-state index in [1.54, 1.807) is 12.1 Å². The van der Waals surface area contributed by atoms with Crippen molar-refractivity contribution in [2.45, 2.75) is 26.2 Å². The topological polar surface area (TPSA) is 3.88 Å². The Morgan fingerprint density at radius 2 is 1.19 bits per heavy atom. The van der Waals surface area contributed by atoms with Gasteiger partial charge in [-0.05, 0) is 40.8 Å². The SMILES string of the molecule is C[n+]1c2ccc(F)cc2c(-c2ccc(C(C)(C)C)cc2)c2cc(F)ccc21. The molecular weight excluding hydrogens is 340 g/mol. The second-order valence-electron chi connectivity index (χ2n) is 8.08. The Morgan fingerprint density at radius 3 is 1.63 bits per heavy atom. The highest BCUT2D eigenvalue weighted by atomic mass is 19.1. The lowest BCUT2D eigenvalue weighted by atomic mass is 9.85. The van der Waals surface area contributed by atoms with Crippen molar-refractivity contribution >= 4 is 21.8 Å². The summed E-state index contributed by atoms with van der Waals surface area (Å²) in [4.78, 5) is 0. The van der Waals surface area contributed by atoms with Crippen LogP contribution in [0.3, 0.4) is 0 Å². The van der Waals surface area contributed by atoms with Gasteiger partial charge in [0.2, 0.25) is 11.0 Å². The van der Waals surface area contributed by atoms with E-state index in [2.05, 4.69) is 32.9 Å². The Balaban J connectivity index is 2.12. The Labute approximate surface area is 157 Å². The van der Waals surface area contributed by atoms with E-state index in [0.29, 0.717) is 0 Å². The molecule has 4 aromatic rings. The van der Waals surface area contributed by atoms with Crippen molar-refractivity contribution in [3.8, 4) is 11.1 Å². The summed E-state index contributed by atoms with van der Waals surface area (Å²) in [6.07, 6.45) is 0. The van der Waals surface area contributed by atoms with Gasteiger partial charge in [0.05, 0.1) is 10.8 Å². The van der Waals surface area contributed by atoms with E-state index in [-0.39, 0.29) is 17.0 Å². The van der Waals surface area contributed by atoms with E-state index in [9.17, 15) is 8.78 Å². The number of benzene rings is 3. The Morgan fingerprint density at radius 1 is 0.704 bits per heavy atom. The molecule has 3 heteroatoms. The number of rotatable bonds is 1. The Kier molecular flexibility index (Phi) is 3.99. The molecule has 0 fully saturated rings. The van der Waals surface area contributed by atoms with E-state index in [0.717, 1.165) is 32.9 Å². The zero-order chi connectivity index (χ0) is 19.3. The molecule has 4 rings (SSSR count). The summed E-state index contributed by atoms with van der Waals surface area (Å²) in [5.41, 5.74) is 4.89. The lowest BCUT2D eigenvalue weighted by molar-refractivity contribution is -0.617. The fourth-order valence-corrected chi connectivity index (χ4v) is 3.72. The van der Waals surface area contributed by atoms with Crippen molar-refractivity contribution in [3.05, 3.63) is 77.9 Å². The molecule has 27 heavy (non-hydrogen) atoms. The fourth-order valence-electron chi connectivity index (χ4n) is 3.72. The molecule has 0 atom stereocenters. The number of halogens is 2. The predicted octanol–water partition coefficient (Wildman–Crippen LogP) is 6.06. The van der Waals surface area contributed by atoms with Gasteiger partial charge in [0.25, 0.3) is 0 Å². The molecule has 0 N–H and O–H groups in total. The zero-order valence-electron chi connectivity index (χ0n) is 16.0. The normalized spacial score (nSPS) is 12.1. The summed E-state index contributed by atoms with van der Waals surface area (Å²) in [7, 11) is 1.92. The second kappa shape index (κ2) is 6.12. The van der Waals surface area contributed by atoms with Gasteiger partial charge in [-0.25, -0.2) is 8.78 Å². The molecule has 0 spiro atoms. The number of hydrogen-bond donors (Lipinski definition) is 0. The largest absolute Gasteiger partial charge is 0.213 e. The molecule has 0 saturated carbocycles. The van der Waals surface area contributed by atoms with Gasteiger partial charge in [-0.15, -0.1) is 0 Å². The third kappa shape index (κ3) is 2.97. The van der Waals surface area contributed by atoms with Crippen LogP contribution in [0.4, 0.5) is 8.78 Å². The maximum absolute atomic E-state index is 14.1. The highest BCUT2D eigenvalue weighted by molar-refractivity contribution is 6.07. The number of aryl methyl sites for hydroxylation is 1. The number of hydrogen-bond acceptors (Lipinski definition) is 0. The molecule has 0 unspecified atom stereocenters. The van der Waals surface area contributed by atoms with Crippen molar-refractivity contribution < 1.29 is 13.3 Å². The summed E-state index contributed by atoms with van der Waals surface area (Å²) in [5, 5.41) is 1.55. The lowest BCUT2D eigenvalue weighted by Crippen LogP contribution is -2.30. The fraction of sp³-hybridized carbons (Fsp3) is 0.208. The van der Waals surface area contributed by atoms with Crippen LogP contribution in [0.1, 0.15) is 26.3 Å². The van der Waals surface area contributed by atoms with E-state index in [1.807, 2.05) is 23.7 Å². The molecule has 0 bridgehead atoms. The van der Waals surface area contributed by atoms with E-state index in [4.69, 9.17) is 0 Å². The minimum Gasteiger partial charge on any atom is -0.207 e. The molecule has 0 aliphatic carbocycles. The number of pyridine rings is 1. The van der Waals surface area contributed by atoms with Crippen LogP contribution in [-0.4, -0.2) is 0 Å². The minimum atomic E-state index is -0.300. The highest BCUT2D eigenvalue weighted by Gasteiger charge is 2.21. The third-order valence-electron chi connectivity index (χ3n) is 5.22. The third-order valence-corrected chi connectivity index (χ3v) is 5.22. The van der Waals surface area contributed by atoms with Crippen molar-refractivity contribution in [1.29, 1.82) is 0 Å². The first kappa shape index (κ1) is 17.6. The van der Waals surface area contributed by atoms with Crippen LogP contribution in [0, 0.1) is 11.6 Å². The summed E-state index contributed by atoms with van der Waals surface area (Å²) in [6, 6.07) is 17.8. The van der Waals surface area contributed by atoms with Gasteiger partial charge in [-0.3, -0.25) is 0 Å². The van der Waals surface area contributed by atoms with Gasteiger partial charge >= 0.3 is 0 Å². The number of fused-ring (bicyclic) bond motifs is 2. The molecule has 0 radical (unpaired) electrons. The van der Waals surface area contributed by atoms with Gasteiger partial charge in [0, 0.05) is 17.7 Å². The Hall–Kier alpha value is -2.81. The molecule has 0 aliphatic heterocycles. The van der Waals surface area contributed by atoms with Gasteiger partial charge in [0.15, 0.2) is 0 Å². The van der Waals surface area contributed by atoms with E-state index < -0.39 is 0 Å². The van der Waals surface area contributed by atoms with Crippen LogP contribution >= 0.6 is 0 Å². The highest BCUT2D eigenvalue weighted by Crippen LogP contribution is 2.35. The molecule has 3 aromatic carbocycles. The van der Waals surface area contributed by atoms with Gasteiger partial charge in [0.1, 0.15) is 18.7 Å². The quantitative estimate of drug-likeness (QED) is 0.286. The molecule has 1 aromatic heterocycles. The molecule has 1 heterocycles. The van der Waals surface area contributed by atoms with Crippen LogP contribution in [0.5, 0.6) is 0 Å². The van der Waals surface area contributed by atoms with Crippen LogP contribution in [-0.2, 0) is 12.5 Å². The maximum atomic E-state index is 14.1. The first-order chi connectivity index (χ1) is 12.8. The first-order valence-corrected chi connectivity index (χ1v) is 9.07. The smallest absolute Gasteiger partial charge is 0.207 e. The number of aromatic nitrogens is 1. The van der Waals surface area contributed by atoms with E-state index in [1.165, 1.54) is 29.8 Å². The monoisotopic (exact) mass is 362 g/mol. The molecule has 0 amide bonds. The van der Waals surface area contributed by atoms with Gasteiger partial charge in [-0.2, -0.15) is 4.57 Å². The van der Waals surface area contributed by atoms with Crippen molar-refractivity contribution in [2.75, 3.05) is 0 Å². The van der Waals surface area contributed by atoms with Crippen LogP contribution in [0.25, 0.3) is 32.9 Å². The maximum Gasteiger partial charge on any atom is 0.213 e. The molecule has 0 saturated heterocycles. The van der Waals surface area contributed by atoms with Crippen molar-refractivity contribution in [2.24, 2.45) is 7.05 Å². The minimum absolute atomic E-state index is 0.0456. The zero-order valence-corrected chi connectivity index (χ0v) is 16.0. The Bertz CT molecular complexity index is 1110. The predicted molar refractivity (Wildman–Crippen MR) is 107 cm³/mol. The molecular formula is C24H22F2N+. The van der Waals surface area contributed by atoms with Gasteiger partial charge < -0.3 is 0 Å². The lowest BCUT2D eigenvalue weighted by Gasteiger charge is -2.19. The standard InChI is InChI=1S/C24H22F2N/c1-24(2,3)16-7-5-15(6-8-16)23-19-13-17(25)9-11-21(19)27(4)22-12-10-18(26)14-20(22)23/h5-14H,1-4H3/q+1. The molecule has 0 aliphatic rings. The molecule has 136 valence electrons. The number of nitrogens with zero attached hydrogens (tertiary/aromatic N) is 1. The summed E-state index contributed by atoms with van der Waals surface area (Å²) in [6.45, 7) is 6.50. The van der Waals surface area contributed by atoms with Gasteiger partial charge in [-0.1, -0.05) is 45.0 Å². The van der Waals surface area contributed by atoms with Crippen molar-refractivity contribution in [3.63, 3.8) is 0 Å². The van der Waals surface area contributed by atoms with Crippen LogP contribution < -0.4 is 4.57 Å². The summed E-state index contributed by atoms with van der Waals surface area (Å²) >= 11 is 0. The van der Waals surface area contributed by atoms with Crippen LogP contribution in [0.15, 0.2) is 60.7 Å². The first-order valence-electron chi connectivity index (χ1n) is 9.07. The molecule has 1 nitrogen and oxygen atoms in total. The van der Waals surface area contributed by atoms with Crippen molar-refractivity contribution in [1.82, 2.24) is 0 Å². The average Bonchev–Trinajstić information content (AvgIpc) is 2.61. The summed E-state index contributed by atoms with van der Waals surface area (Å²) < 4.78 is 30.1.